The first-order valence-electron chi connectivity index (χ1n) is 3.78. The minimum atomic E-state index is -0.0988. The molecule has 1 amide bonds. The molecule has 0 saturated heterocycles. The van der Waals surface area contributed by atoms with Crippen LogP contribution in [0.3, 0.4) is 0 Å². The van der Waals surface area contributed by atoms with Gasteiger partial charge in [0.15, 0.2) is 0 Å². The Morgan fingerprint density at radius 3 is 2.58 bits per heavy atom. The number of anilines is 1. The van der Waals surface area contributed by atoms with E-state index in [0.717, 1.165) is 11.3 Å². The van der Waals surface area contributed by atoms with Crippen LogP contribution in [0.15, 0.2) is 24.3 Å². The van der Waals surface area contributed by atoms with E-state index in [1.54, 1.807) is 0 Å². The molecule has 0 radical (unpaired) electrons. The highest BCUT2D eigenvalue weighted by Crippen LogP contribution is 2.11. The van der Waals surface area contributed by atoms with Crippen LogP contribution in [0, 0.1) is 6.92 Å². The zero-order valence-electron chi connectivity index (χ0n) is 7.22. The number of nitrogens with one attached hydrogen (secondary N) is 2. The molecule has 1 aromatic rings. The first-order valence-corrected chi connectivity index (χ1v) is 3.78. The van der Waals surface area contributed by atoms with Gasteiger partial charge in [-0.2, -0.15) is 0 Å². The Labute approximate surface area is 71.8 Å². The van der Waals surface area contributed by atoms with Crippen LogP contribution in [0.5, 0.6) is 0 Å². The molecule has 3 heteroatoms. The van der Waals surface area contributed by atoms with Crippen molar-refractivity contribution in [1.82, 2.24) is 5.43 Å². The summed E-state index contributed by atoms with van der Waals surface area (Å²) in [4.78, 5) is 10.6. The fourth-order valence-corrected chi connectivity index (χ4v) is 0.868. The molecule has 0 aliphatic carbocycles. The van der Waals surface area contributed by atoms with E-state index < -0.39 is 0 Å². The van der Waals surface area contributed by atoms with Gasteiger partial charge in [0.05, 0.1) is 5.69 Å². The minimum Gasteiger partial charge on any atom is -0.298 e. The molecule has 12 heavy (non-hydrogen) atoms. The van der Waals surface area contributed by atoms with Crippen molar-refractivity contribution >= 4 is 11.6 Å². The van der Waals surface area contributed by atoms with Gasteiger partial charge in [-0.15, -0.1) is 0 Å². The molecule has 2 N–H and O–H groups in total. The van der Waals surface area contributed by atoms with E-state index in [2.05, 4.69) is 10.9 Å². The Kier molecular flexibility index (Phi) is 2.69. The number of aryl methyl sites for hydroxylation is 1. The molecule has 0 bridgehead atoms. The van der Waals surface area contributed by atoms with Gasteiger partial charge in [-0.3, -0.25) is 15.6 Å². The Morgan fingerprint density at radius 2 is 2.00 bits per heavy atom. The lowest BCUT2D eigenvalue weighted by Gasteiger charge is -2.08. The SMILES string of the molecule is CC(=O)NNc1ccccc1C. The first-order chi connectivity index (χ1) is 5.70. The van der Waals surface area contributed by atoms with E-state index >= 15 is 0 Å². The van der Waals surface area contributed by atoms with Gasteiger partial charge in [0.1, 0.15) is 0 Å². The van der Waals surface area contributed by atoms with Crippen LogP contribution in [-0.4, -0.2) is 5.91 Å². The fraction of sp³-hybridized carbons (Fsp3) is 0.222. The molecule has 0 unspecified atom stereocenters. The first kappa shape index (κ1) is 8.59. The number of hydrogen-bond acceptors (Lipinski definition) is 2. The second-order valence-corrected chi connectivity index (χ2v) is 2.62. The van der Waals surface area contributed by atoms with Crippen molar-refractivity contribution in [3.05, 3.63) is 29.8 Å². The number of para-hydroxylation sites is 1. The highest BCUT2D eigenvalue weighted by Gasteiger charge is 1.94. The summed E-state index contributed by atoms with van der Waals surface area (Å²) in [5, 5.41) is 0. The fourth-order valence-electron chi connectivity index (χ4n) is 0.868. The topological polar surface area (TPSA) is 41.1 Å². The quantitative estimate of drug-likeness (QED) is 0.650. The molecule has 0 aliphatic heterocycles. The van der Waals surface area contributed by atoms with Gasteiger partial charge < -0.3 is 0 Å². The summed E-state index contributed by atoms with van der Waals surface area (Å²) >= 11 is 0. The van der Waals surface area contributed by atoms with E-state index in [4.69, 9.17) is 0 Å². The number of hydrogen-bond donors (Lipinski definition) is 2. The Bertz CT molecular complexity index is 284. The molecular formula is C9H12N2O. The van der Waals surface area contributed by atoms with Crippen LogP contribution in [0.4, 0.5) is 5.69 Å². The van der Waals surface area contributed by atoms with Crippen LogP contribution in [0.1, 0.15) is 12.5 Å². The minimum absolute atomic E-state index is 0.0988. The molecule has 0 spiro atoms. The third-order valence-electron chi connectivity index (χ3n) is 1.52. The van der Waals surface area contributed by atoms with Gasteiger partial charge in [0.2, 0.25) is 5.91 Å². The lowest BCUT2D eigenvalue weighted by Crippen LogP contribution is -2.26. The Hall–Kier alpha value is -1.51. The van der Waals surface area contributed by atoms with Crippen LogP contribution >= 0.6 is 0 Å². The number of amides is 1. The number of rotatable bonds is 2. The van der Waals surface area contributed by atoms with Crippen molar-refractivity contribution in [2.75, 3.05) is 5.43 Å². The van der Waals surface area contributed by atoms with Gasteiger partial charge in [-0.25, -0.2) is 0 Å². The average Bonchev–Trinajstić information content (AvgIpc) is 2.03. The monoisotopic (exact) mass is 164 g/mol. The number of carbonyl (C=O) groups is 1. The second-order valence-electron chi connectivity index (χ2n) is 2.62. The lowest BCUT2D eigenvalue weighted by atomic mass is 10.2. The van der Waals surface area contributed by atoms with Gasteiger partial charge >= 0.3 is 0 Å². The van der Waals surface area contributed by atoms with E-state index in [1.165, 1.54) is 6.92 Å². The van der Waals surface area contributed by atoms with Crippen molar-refractivity contribution in [2.45, 2.75) is 13.8 Å². The molecular weight excluding hydrogens is 152 g/mol. The zero-order chi connectivity index (χ0) is 8.97. The van der Waals surface area contributed by atoms with Gasteiger partial charge in [0, 0.05) is 6.92 Å². The summed E-state index contributed by atoms with van der Waals surface area (Å²) in [6.07, 6.45) is 0. The van der Waals surface area contributed by atoms with E-state index in [0.29, 0.717) is 0 Å². The third kappa shape index (κ3) is 2.27. The summed E-state index contributed by atoms with van der Waals surface area (Å²) < 4.78 is 0. The van der Waals surface area contributed by atoms with E-state index in [-0.39, 0.29) is 5.91 Å². The predicted molar refractivity (Wildman–Crippen MR) is 48.6 cm³/mol. The molecule has 3 nitrogen and oxygen atoms in total. The average molecular weight is 164 g/mol. The van der Waals surface area contributed by atoms with Gasteiger partial charge in [-0.1, -0.05) is 18.2 Å². The number of hydrazine groups is 1. The van der Waals surface area contributed by atoms with Crippen LogP contribution < -0.4 is 10.9 Å². The number of benzene rings is 1. The van der Waals surface area contributed by atoms with Crippen molar-refractivity contribution in [3.8, 4) is 0 Å². The molecule has 0 atom stereocenters. The lowest BCUT2D eigenvalue weighted by molar-refractivity contribution is -0.118. The van der Waals surface area contributed by atoms with Crippen molar-refractivity contribution in [2.24, 2.45) is 0 Å². The van der Waals surface area contributed by atoms with Crippen molar-refractivity contribution < 1.29 is 4.79 Å². The maximum absolute atomic E-state index is 10.6. The molecule has 0 heterocycles. The molecule has 0 aromatic heterocycles. The standard InChI is InChI=1S/C9H12N2O/c1-7-5-3-4-6-9(7)11-10-8(2)12/h3-6,11H,1-2H3,(H,10,12). The summed E-state index contributed by atoms with van der Waals surface area (Å²) in [5.41, 5.74) is 7.35. The molecule has 1 rings (SSSR count). The summed E-state index contributed by atoms with van der Waals surface area (Å²) in [6, 6.07) is 7.75. The smallest absolute Gasteiger partial charge is 0.235 e. The summed E-state index contributed by atoms with van der Waals surface area (Å²) in [7, 11) is 0. The van der Waals surface area contributed by atoms with Crippen LogP contribution in [0.2, 0.25) is 0 Å². The maximum atomic E-state index is 10.6. The van der Waals surface area contributed by atoms with Crippen molar-refractivity contribution in [3.63, 3.8) is 0 Å². The van der Waals surface area contributed by atoms with Crippen LogP contribution in [0.25, 0.3) is 0 Å². The molecule has 0 aliphatic rings. The van der Waals surface area contributed by atoms with E-state index in [9.17, 15) is 4.79 Å². The third-order valence-corrected chi connectivity index (χ3v) is 1.52. The molecule has 64 valence electrons. The van der Waals surface area contributed by atoms with Crippen molar-refractivity contribution in [1.29, 1.82) is 0 Å². The maximum Gasteiger partial charge on any atom is 0.235 e. The molecule has 0 saturated carbocycles. The molecule has 1 aromatic carbocycles. The van der Waals surface area contributed by atoms with E-state index in [1.807, 2.05) is 31.2 Å². The highest BCUT2D eigenvalue weighted by molar-refractivity contribution is 5.74. The zero-order valence-corrected chi connectivity index (χ0v) is 7.22. The Balaban J connectivity index is 2.63. The Morgan fingerprint density at radius 1 is 1.33 bits per heavy atom. The van der Waals surface area contributed by atoms with Crippen LogP contribution in [-0.2, 0) is 4.79 Å². The normalized spacial score (nSPS) is 9.17. The van der Waals surface area contributed by atoms with Gasteiger partial charge in [0.25, 0.3) is 0 Å². The number of carbonyl (C=O) groups excluding carboxylic acids is 1. The summed E-state index contributed by atoms with van der Waals surface area (Å²) in [5.74, 6) is -0.0988. The second kappa shape index (κ2) is 3.76. The summed E-state index contributed by atoms with van der Waals surface area (Å²) in [6.45, 7) is 3.44. The largest absolute Gasteiger partial charge is 0.298 e. The molecule has 0 fully saturated rings. The predicted octanol–water partition coefficient (Wildman–Crippen LogP) is 1.46. The van der Waals surface area contributed by atoms with Gasteiger partial charge in [-0.05, 0) is 18.6 Å². The highest BCUT2D eigenvalue weighted by atomic mass is 16.2.